The Hall–Kier alpha value is -2.89. The number of aromatic nitrogens is 2. The molecule has 3 rings (SSSR count). The van der Waals surface area contributed by atoms with Gasteiger partial charge in [0.05, 0.1) is 13.0 Å². The lowest BCUT2D eigenvalue weighted by Gasteiger charge is -2.38. The zero-order valence-electron chi connectivity index (χ0n) is 14.7. The van der Waals surface area contributed by atoms with Crippen molar-refractivity contribution in [2.45, 2.75) is 19.8 Å². The van der Waals surface area contributed by atoms with Crippen molar-refractivity contribution >= 4 is 5.91 Å². The summed E-state index contributed by atoms with van der Waals surface area (Å²) in [6.07, 6.45) is 0. The first-order valence-electron chi connectivity index (χ1n) is 8.08. The van der Waals surface area contributed by atoms with Crippen LogP contribution < -0.4 is 9.47 Å². The van der Waals surface area contributed by atoms with E-state index in [-0.39, 0.29) is 11.8 Å². The molecule has 0 unspecified atom stereocenters. The predicted octanol–water partition coefficient (Wildman–Crippen LogP) is 3.09. The molecule has 2 heterocycles. The van der Waals surface area contributed by atoms with Crippen molar-refractivity contribution in [2.75, 3.05) is 20.2 Å². The van der Waals surface area contributed by atoms with Crippen molar-refractivity contribution in [3.05, 3.63) is 54.0 Å². The number of hydrogen-bond donors (Lipinski definition) is 0. The number of aryl methyl sites for hydroxylation is 1. The van der Waals surface area contributed by atoms with Crippen LogP contribution in [0.4, 0.5) is 0 Å². The van der Waals surface area contributed by atoms with E-state index >= 15 is 0 Å². The quantitative estimate of drug-likeness (QED) is 0.783. The largest absolute Gasteiger partial charge is 0.497 e. The molecule has 130 valence electrons. The van der Waals surface area contributed by atoms with Crippen LogP contribution >= 0.6 is 0 Å². The summed E-state index contributed by atoms with van der Waals surface area (Å²) in [6.45, 7) is 8.53. The minimum Gasteiger partial charge on any atom is -0.497 e. The number of hydrogen-bond acceptors (Lipinski definition) is 5. The number of amides is 1. The summed E-state index contributed by atoms with van der Waals surface area (Å²) >= 11 is 0. The summed E-state index contributed by atoms with van der Waals surface area (Å²) in [6, 6.07) is 9.11. The lowest BCUT2D eigenvalue weighted by molar-refractivity contribution is -0.131. The molecule has 0 saturated carbocycles. The third-order valence-corrected chi connectivity index (χ3v) is 4.03. The SMILES string of the molecule is C=C(C)C(=O)N1CC(c2nc(C)cc(Oc3ccc(OC)cc3)n2)C1. The number of likely N-dealkylation sites (tertiary alicyclic amines) is 1. The van der Waals surface area contributed by atoms with Crippen LogP contribution in [0.2, 0.25) is 0 Å². The molecule has 6 nitrogen and oxygen atoms in total. The number of carbonyl (C=O) groups is 1. The standard InChI is InChI=1S/C19H21N3O3/c1-12(2)19(23)22-10-14(11-22)18-20-13(3)9-17(21-18)25-16-7-5-15(24-4)6-8-16/h5-9,14H,1,10-11H2,2-4H3. The van der Waals surface area contributed by atoms with E-state index in [9.17, 15) is 4.79 Å². The van der Waals surface area contributed by atoms with Crippen LogP contribution in [-0.4, -0.2) is 41.0 Å². The van der Waals surface area contributed by atoms with Crippen LogP contribution in [0.1, 0.15) is 24.4 Å². The van der Waals surface area contributed by atoms with E-state index in [0.717, 1.165) is 11.4 Å². The van der Waals surface area contributed by atoms with Gasteiger partial charge in [-0.2, -0.15) is 4.98 Å². The van der Waals surface area contributed by atoms with Crippen LogP contribution in [0.15, 0.2) is 42.5 Å². The average Bonchev–Trinajstić information content (AvgIpc) is 2.53. The molecule has 1 amide bonds. The Bertz CT molecular complexity index is 796. The van der Waals surface area contributed by atoms with Gasteiger partial charge < -0.3 is 14.4 Å². The predicted molar refractivity (Wildman–Crippen MR) is 94.0 cm³/mol. The van der Waals surface area contributed by atoms with Crippen molar-refractivity contribution in [1.82, 2.24) is 14.9 Å². The normalized spacial score (nSPS) is 14.0. The molecule has 25 heavy (non-hydrogen) atoms. The van der Waals surface area contributed by atoms with Gasteiger partial charge in [-0.15, -0.1) is 0 Å². The molecule has 0 spiro atoms. The van der Waals surface area contributed by atoms with E-state index in [4.69, 9.17) is 9.47 Å². The van der Waals surface area contributed by atoms with Gasteiger partial charge in [0, 0.05) is 30.4 Å². The van der Waals surface area contributed by atoms with E-state index < -0.39 is 0 Å². The number of ether oxygens (including phenoxy) is 2. The molecule has 1 aliphatic heterocycles. The van der Waals surface area contributed by atoms with Gasteiger partial charge in [-0.3, -0.25) is 4.79 Å². The molecule has 1 fully saturated rings. The second-order valence-electron chi connectivity index (χ2n) is 6.17. The van der Waals surface area contributed by atoms with E-state index in [1.807, 2.05) is 31.2 Å². The highest BCUT2D eigenvalue weighted by Crippen LogP contribution is 2.28. The second-order valence-corrected chi connectivity index (χ2v) is 6.17. The van der Waals surface area contributed by atoms with E-state index in [1.165, 1.54) is 0 Å². The number of carbonyl (C=O) groups excluding carboxylic acids is 1. The molecule has 1 aromatic heterocycles. The summed E-state index contributed by atoms with van der Waals surface area (Å²) in [5.74, 6) is 2.76. The first-order chi connectivity index (χ1) is 12.0. The molecule has 1 saturated heterocycles. The van der Waals surface area contributed by atoms with Crippen molar-refractivity contribution in [2.24, 2.45) is 0 Å². The fourth-order valence-electron chi connectivity index (χ4n) is 2.64. The highest BCUT2D eigenvalue weighted by Gasteiger charge is 2.34. The van der Waals surface area contributed by atoms with Crippen molar-refractivity contribution in [3.63, 3.8) is 0 Å². The fraction of sp³-hybridized carbons (Fsp3) is 0.316. The van der Waals surface area contributed by atoms with Crippen LogP contribution in [0.25, 0.3) is 0 Å². The van der Waals surface area contributed by atoms with Gasteiger partial charge in [0.25, 0.3) is 0 Å². The molecule has 6 heteroatoms. The summed E-state index contributed by atoms with van der Waals surface area (Å²) < 4.78 is 11.0. The van der Waals surface area contributed by atoms with Crippen molar-refractivity contribution in [1.29, 1.82) is 0 Å². The average molecular weight is 339 g/mol. The lowest BCUT2D eigenvalue weighted by atomic mass is 9.98. The number of nitrogens with zero attached hydrogens (tertiary/aromatic N) is 3. The Balaban J connectivity index is 1.71. The molecule has 0 N–H and O–H groups in total. The van der Waals surface area contributed by atoms with Gasteiger partial charge in [0.15, 0.2) is 0 Å². The zero-order chi connectivity index (χ0) is 18.0. The van der Waals surface area contributed by atoms with Gasteiger partial charge in [-0.05, 0) is 38.1 Å². The highest BCUT2D eigenvalue weighted by molar-refractivity contribution is 5.92. The molecule has 0 bridgehead atoms. The maximum atomic E-state index is 11.9. The monoisotopic (exact) mass is 339 g/mol. The van der Waals surface area contributed by atoms with Gasteiger partial charge in [0.2, 0.25) is 11.8 Å². The van der Waals surface area contributed by atoms with Gasteiger partial charge in [-0.25, -0.2) is 4.98 Å². The number of benzene rings is 1. The minimum absolute atomic E-state index is 0.0152. The third kappa shape index (κ3) is 3.79. The Morgan fingerprint density at radius 2 is 1.84 bits per heavy atom. The van der Waals surface area contributed by atoms with E-state index in [0.29, 0.717) is 36.1 Å². The Labute approximate surface area is 147 Å². The topological polar surface area (TPSA) is 64.6 Å². The maximum Gasteiger partial charge on any atom is 0.248 e. The summed E-state index contributed by atoms with van der Waals surface area (Å²) in [7, 11) is 1.62. The minimum atomic E-state index is -0.0152. The second kappa shape index (κ2) is 6.93. The van der Waals surface area contributed by atoms with Crippen LogP contribution in [0, 0.1) is 6.92 Å². The molecular formula is C19H21N3O3. The zero-order valence-corrected chi connectivity index (χ0v) is 14.7. The van der Waals surface area contributed by atoms with Gasteiger partial charge in [0.1, 0.15) is 17.3 Å². The number of methoxy groups -OCH3 is 1. The Morgan fingerprint density at radius 3 is 2.44 bits per heavy atom. The van der Waals surface area contributed by atoms with Crippen molar-refractivity contribution < 1.29 is 14.3 Å². The smallest absolute Gasteiger partial charge is 0.248 e. The summed E-state index contributed by atoms with van der Waals surface area (Å²) in [5.41, 5.74) is 1.38. The molecular weight excluding hydrogens is 318 g/mol. The van der Waals surface area contributed by atoms with Gasteiger partial charge >= 0.3 is 0 Å². The first-order valence-corrected chi connectivity index (χ1v) is 8.08. The number of rotatable bonds is 5. The summed E-state index contributed by atoms with van der Waals surface area (Å²) in [4.78, 5) is 22.6. The highest BCUT2D eigenvalue weighted by atomic mass is 16.5. The van der Waals surface area contributed by atoms with Crippen LogP contribution in [0.3, 0.4) is 0 Å². The third-order valence-electron chi connectivity index (χ3n) is 4.03. The molecule has 2 aromatic rings. The molecule has 0 atom stereocenters. The van der Waals surface area contributed by atoms with Crippen LogP contribution in [-0.2, 0) is 4.79 Å². The Kier molecular flexibility index (Phi) is 4.70. The molecule has 0 radical (unpaired) electrons. The van der Waals surface area contributed by atoms with Gasteiger partial charge in [-0.1, -0.05) is 6.58 Å². The maximum absolute atomic E-state index is 11.9. The van der Waals surface area contributed by atoms with Crippen LogP contribution in [0.5, 0.6) is 17.4 Å². The molecule has 0 aliphatic carbocycles. The lowest BCUT2D eigenvalue weighted by Crippen LogP contribution is -2.49. The molecule has 1 aliphatic rings. The summed E-state index contributed by atoms with van der Waals surface area (Å²) in [5, 5.41) is 0. The molecule has 1 aromatic carbocycles. The Morgan fingerprint density at radius 1 is 1.20 bits per heavy atom. The van der Waals surface area contributed by atoms with E-state index in [2.05, 4.69) is 16.5 Å². The van der Waals surface area contributed by atoms with Crippen molar-refractivity contribution in [3.8, 4) is 17.4 Å². The fourth-order valence-corrected chi connectivity index (χ4v) is 2.64. The first kappa shape index (κ1) is 17.0. The van der Waals surface area contributed by atoms with E-state index in [1.54, 1.807) is 25.0 Å².